The number of carbonyl (C=O) groups is 3. The molecule has 0 spiro atoms. The minimum Gasteiger partial charge on any atom is -0.274 e. The number of amides is 2. The molecule has 48 heavy (non-hydrogen) atoms. The summed E-state index contributed by atoms with van der Waals surface area (Å²) in [7, 11) is 0. The molecule has 2 amide bonds. The number of aromatic nitrogens is 12. The van der Waals surface area contributed by atoms with Crippen LogP contribution in [0.15, 0.2) is 110 Å². The Bertz CT molecular complexity index is 1970. The smallest absolute Gasteiger partial charge is 0.274 e. The standard InChI is InChI=1S/C31H22N14O3/c46-24(43-17-32-25(40-43)20-10-4-1-5-11-20)16-23-35-28(38-30(47)44-18-33-26(41-44)21-12-6-2-7-13-21)37-29(36-23)39-31(48)45-19-34-27(42-45)22-14-8-3-9-15-22/h1-15,17-19H,16H2,(H2,35,36,37,38,39,47,48). The van der Waals surface area contributed by atoms with Crippen LogP contribution < -0.4 is 10.6 Å². The van der Waals surface area contributed by atoms with Crippen LogP contribution in [-0.4, -0.2) is 77.2 Å². The highest BCUT2D eigenvalue weighted by atomic mass is 16.2. The van der Waals surface area contributed by atoms with E-state index in [1.54, 1.807) is 24.3 Å². The van der Waals surface area contributed by atoms with Crippen molar-refractivity contribution in [3.05, 3.63) is 116 Å². The summed E-state index contributed by atoms with van der Waals surface area (Å²) in [5.74, 6) is -0.139. The van der Waals surface area contributed by atoms with E-state index < -0.39 is 18.0 Å². The Morgan fingerprint density at radius 2 is 0.875 bits per heavy atom. The van der Waals surface area contributed by atoms with Gasteiger partial charge in [0.05, 0.1) is 6.42 Å². The van der Waals surface area contributed by atoms with Gasteiger partial charge in [-0.1, -0.05) is 91.0 Å². The van der Waals surface area contributed by atoms with E-state index in [-0.39, 0.29) is 24.1 Å². The quantitative estimate of drug-likeness (QED) is 0.256. The number of nitrogens with zero attached hydrogens (tertiary/aromatic N) is 12. The normalized spacial score (nSPS) is 10.8. The van der Waals surface area contributed by atoms with Gasteiger partial charge in [-0.05, 0) is 0 Å². The molecule has 0 bridgehead atoms. The van der Waals surface area contributed by atoms with E-state index in [0.29, 0.717) is 28.6 Å². The van der Waals surface area contributed by atoms with E-state index in [0.717, 1.165) is 19.6 Å². The molecule has 3 aromatic carbocycles. The molecule has 0 aliphatic heterocycles. The molecule has 7 rings (SSSR count). The molecule has 2 N–H and O–H groups in total. The van der Waals surface area contributed by atoms with Gasteiger partial charge in [0.2, 0.25) is 11.9 Å². The maximum absolute atomic E-state index is 13.2. The van der Waals surface area contributed by atoms with E-state index in [1.807, 2.05) is 66.7 Å². The van der Waals surface area contributed by atoms with Crippen LogP contribution in [-0.2, 0) is 6.42 Å². The molecule has 0 aliphatic rings. The molecule has 0 saturated heterocycles. The Balaban J connectivity index is 1.14. The average Bonchev–Trinajstić information content (AvgIpc) is 3.91. The van der Waals surface area contributed by atoms with Crippen molar-refractivity contribution in [1.29, 1.82) is 0 Å². The summed E-state index contributed by atoms with van der Waals surface area (Å²) >= 11 is 0. The molecule has 4 aromatic heterocycles. The van der Waals surface area contributed by atoms with Crippen molar-refractivity contribution in [1.82, 2.24) is 59.2 Å². The number of rotatable bonds is 7. The molecular formula is C31H22N14O3. The van der Waals surface area contributed by atoms with Crippen molar-refractivity contribution in [2.75, 3.05) is 10.6 Å². The Kier molecular flexibility index (Phi) is 7.95. The lowest BCUT2D eigenvalue weighted by atomic mass is 10.2. The maximum atomic E-state index is 13.2. The molecule has 7 aromatic rings. The Labute approximate surface area is 270 Å². The van der Waals surface area contributed by atoms with Gasteiger partial charge in [0.15, 0.2) is 17.5 Å². The molecule has 234 valence electrons. The zero-order valence-corrected chi connectivity index (χ0v) is 24.7. The van der Waals surface area contributed by atoms with Gasteiger partial charge >= 0.3 is 12.1 Å². The van der Waals surface area contributed by atoms with E-state index >= 15 is 0 Å². The fraction of sp³-hybridized carbons (Fsp3) is 0.0323. The fourth-order valence-electron chi connectivity index (χ4n) is 4.40. The summed E-state index contributed by atoms with van der Waals surface area (Å²) < 4.78 is 3.00. The highest BCUT2D eigenvalue weighted by Gasteiger charge is 2.19. The number of nitrogens with one attached hydrogen (secondary N) is 2. The van der Waals surface area contributed by atoms with Crippen LogP contribution in [0.4, 0.5) is 21.5 Å². The minimum atomic E-state index is -0.752. The molecule has 0 aliphatic carbocycles. The van der Waals surface area contributed by atoms with Crippen molar-refractivity contribution in [2.24, 2.45) is 0 Å². The highest BCUT2D eigenvalue weighted by Crippen LogP contribution is 2.16. The lowest BCUT2D eigenvalue weighted by Crippen LogP contribution is -2.25. The molecule has 17 heteroatoms. The number of hydrogen-bond acceptors (Lipinski definition) is 12. The summed E-state index contributed by atoms with van der Waals surface area (Å²) in [5, 5.41) is 17.7. The minimum absolute atomic E-state index is 0.0792. The topological polar surface area (TPSA) is 206 Å². The zero-order valence-electron chi connectivity index (χ0n) is 24.7. The zero-order chi connectivity index (χ0) is 32.9. The van der Waals surface area contributed by atoms with Crippen LogP contribution in [0.1, 0.15) is 10.6 Å². The van der Waals surface area contributed by atoms with Crippen LogP contribution >= 0.6 is 0 Å². The van der Waals surface area contributed by atoms with E-state index in [4.69, 9.17) is 0 Å². The van der Waals surface area contributed by atoms with Gasteiger partial charge in [0.1, 0.15) is 24.8 Å². The third-order valence-corrected chi connectivity index (χ3v) is 6.67. The summed E-state index contributed by atoms with van der Waals surface area (Å²) in [6.07, 6.45) is 3.36. The predicted octanol–water partition coefficient (Wildman–Crippen LogP) is 3.69. The third kappa shape index (κ3) is 6.54. The van der Waals surface area contributed by atoms with Gasteiger partial charge in [0, 0.05) is 16.7 Å². The van der Waals surface area contributed by atoms with Crippen LogP contribution in [0, 0.1) is 0 Å². The van der Waals surface area contributed by atoms with Crippen molar-refractivity contribution in [2.45, 2.75) is 6.42 Å². The number of hydrogen-bond donors (Lipinski definition) is 2. The number of anilines is 2. The van der Waals surface area contributed by atoms with Gasteiger partial charge in [-0.25, -0.2) is 24.5 Å². The van der Waals surface area contributed by atoms with Gasteiger partial charge in [0.25, 0.3) is 5.91 Å². The van der Waals surface area contributed by atoms with Gasteiger partial charge in [-0.3, -0.25) is 15.4 Å². The van der Waals surface area contributed by atoms with Crippen LogP contribution in [0.5, 0.6) is 0 Å². The van der Waals surface area contributed by atoms with Crippen LogP contribution in [0.25, 0.3) is 34.2 Å². The second kappa shape index (κ2) is 13.0. The first kappa shape index (κ1) is 29.4. The molecule has 0 atom stereocenters. The fourth-order valence-corrected chi connectivity index (χ4v) is 4.40. The molecule has 17 nitrogen and oxygen atoms in total. The lowest BCUT2D eigenvalue weighted by Gasteiger charge is -2.09. The SMILES string of the molecule is O=C(Cc1nc(NC(=O)n2cnc(-c3ccccc3)n2)nc(NC(=O)n2cnc(-c3ccccc3)n2)n1)n1cnc(-c2ccccc2)n1. The van der Waals surface area contributed by atoms with Crippen LogP contribution in [0.3, 0.4) is 0 Å². The molecule has 0 fully saturated rings. The summed E-state index contributed by atoms with van der Waals surface area (Å²) in [6, 6.07) is 25.8. The predicted molar refractivity (Wildman–Crippen MR) is 169 cm³/mol. The largest absolute Gasteiger partial charge is 0.350 e. The third-order valence-electron chi connectivity index (χ3n) is 6.67. The van der Waals surface area contributed by atoms with E-state index in [1.165, 1.54) is 19.0 Å². The van der Waals surface area contributed by atoms with E-state index in [9.17, 15) is 14.4 Å². The highest BCUT2D eigenvalue weighted by molar-refractivity contribution is 5.91. The molecular weight excluding hydrogens is 616 g/mol. The average molecular weight is 639 g/mol. The van der Waals surface area contributed by atoms with E-state index in [2.05, 4.69) is 55.8 Å². The Morgan fingerprint density at radius 1 is 0.500 bits per heavy atom. The summed E-state index contributed by atoms with van der Waals surface area (Å²) in [4.78, 5) is 64.6. The molecule has 0 saturated carbocycles. The van der Waals surface area contributed by atoms with Crippen molar-refractivity contribution in [3.8, 4) is 34.2 Å². The van der Waals surface area contributed by atoms with Gasteiger partial charge in [-0.2, -0.15) is 29.0 Å². The Hall–Kier alpha value is -7.30. The van der Waals surface area contributed by atoms with Crippen LogP contribution in [0.2, 0.25) is 0 Å². The Morgan fingerprint density at radius 3 is 1.29 bits per heavy atom. The molecule has 4 heterocycles. The maximum Gasteiger partial charge on any atom is 0.350 e. The number of carbonyl (C=O) groups excluding carboxylic acids is 3. The second-order valence-corrected chi connectivity index (χ2v) is 9.97. The summed E-state index contributed by atoms with van der Waals surface area (Å²) in [6.45, 7) is 0. The second-order valence-electron chi connectivity index (χ2n) is 9.97. The first-order valence-corrected chi connectivity index (χ1v) is 14.3. The van der Waals surface area contributed by atoms with Crippen molar-refractivity contribution < 1.29 is 14.4 Å². The summed E-state index contributed by atoms with van der Waals surface area (Å²) in [5.41, 5.74) is 2.15. The van der Waals surface area contributed by atoms with Gasteiger partial charge in [-0.15, -0.1) is 15.3 Å². The molecule has 0 radical (unpaired) electrons. The van der Waals surface area contributed by atoms with Gasteiger partial charge < -0.3 is 0 Å². The first-order chi connectivity index (χ1) is 23.5. The van der Waals surface area contributed by atoms with Crippen molar-refractivity contribution >= 4 is 29.9 Å². The number of benzene rings is 3. The lowest BCUT2D eigenvalue weighted by molar-refractivity contribution is 0.0896. The molecule has 0 unspecified atom stereocenters. The first-order valence-electron chi connectivity index (χ1n) is 14.3. The van der Waals surface area contributed by atoms with Crippen molar-refractivity contribution in [3.63, 3.8) is 0 Å². The monoisotopic (exact) mass is 638 g/mol.